The number of rotatable bonds is 4. The number of carbonyl (C=O) groups excluding carboxylic acids is 2. The Morgan fingerprint density at radius 1 is 1.05 bits per heavy atom. The molecule has 0 aliphatic heterocycles. The van der Waals surface area contributed by atoms with Crippen molar-refractivity contribution in [3.8, 4) is 5.75 Å². The fourth-order valence-corrected chi connectivity index (χ4v) is 2.16. The lowest BCUT2D eigenvalue weighted by Crippen LogP contribution is -2.37. The smallest absolute Gasteiger partial charge is 0.359 e. The average molecular weight is 264 g/mol. The van der Waals surface area contributed by atoms with Gasteiger partial charge in [0.15, 0.2) is 0 Å². The third-order valence-corrected chi connectivity index (χ3v) is 3.15. The fraction of sp³-hybridized carbons (Fsp3) is 0.429. The van der Waals surface area contributed by atoms with Gasteiger partial charge in [-0.2, -0.15) is 0 Å². The molecule has 0 bridgehead atoms. The molecule has 0 aromatic heterocycles. The van der Waals surface area contributed by atoms with Gasteiger partial charge >= 0.3 is 11.9 Å². The largest absolute Gasteiger partial charge is 0.467 e. The van der Waals surface area contributed by atoms with E-state index >= 15 is 0 Å². The summed E-state index contributed by atoms with van der Waals surface area (Å²) in [7, 11) is 2.40. The second-order valence-corrected chi connectivity index (χ2v) is 4.33. The Morgan fingerprint density at radius 3 is 2.32 bits per heavy atom. The number of esters is 2. The summed E-state index contributed by atoms with van der Waals surface area (Å²) in [5.41, 5.74) is 2.49. The molecule has 0 heterocycles. The van der Waals surface area contributed by atoms with Crippen LogP contribution in [0.3, 0.4) is 0 Å². The number of carbonyl (C=O) groups is 2. The Kier molecular flexibility index (Phi) is 4.04. The molecule has 19 heavy (non-hydrogen) atoms. The Balaban J connectivity index is 2.17. The van der Waals surface area contributed by atoms with E-state index in [-0.39, 0.29) is 0 Å². The Hall–Kier alpha value is -2.04. The second kappa shape index (κ2) is 5.73. The zero-order valence-electron chi connectivity index (χ0n) is 11.0. The lowest BCUT2D eigenvalue weighted by Gasteiger charge is -2.15. The quantitative estimate of drug-likeness (QED) is 0.605. The van der Waals surface area contributed by atoms with Gasteiger partial charge < -0.3 is 14.2 Å². The van der Waals surface area contributed by atoms with E-state index in [1.54, 1.807) is 6.07 Å². The van der Waals surface area contributed by atoms with Gasteiger partial charge in [-0.3, -0.25) is 0 Å². The molecule has 0 unspecified atom stereocenters. The molecular weight excluding hydrogens is 248 g/mol. The second-order valence-electron chi connectivity index (χ2n) is 4.33. The molecule has 1 aliphatic carbocycles. The highest BCUT2D eigenvalue weighted by Crippen LogP contribution is 2.26. The molecule has 102 valence electrons. The van der Waals surface area contributed by atoms with E-state index in [2.05, 4.69) is 9.47 Å². The topological polar surface area (TPSA) is 61.8 Å². The van der Waals surface area contributed by atoms with Gasteiger partial charge in [-0.1, -0.05) is 6.07 Å². The molecule has 0 spiro atoms. The summed E-state index contributed by atoms with van der Waals surface area (Å²) in [4.78, 5) is 23.0. The van der Waals surface area contributed by atoms with E-state index in [9.17, 15) is 9.59 Å². The van der Waals surface area contributed by atoms with Gasteiger partial charge in [0.25, 0.3) is 6.10 Å². The normalized spacial score (nSPS) is 13.0. The molecule has 1 aromatic rings. The van der Waals surface area contributed by atoms with Crippen LogP contribution in [-0.4, -0.2) is 32.3 Å². The minimum atomic E-state index is -1.38. The molecule has 0 amide bonds. The highest BCUT2D eigenvalue weighted by Gasteiger charge is 2.31. The van der Waals surface area contributed by atoms with Crippen LogP contribution in [-0.2, 0) is 31.9 Å². The maximum Gasteiger partial charge on any atom is 0.359 e. The predicted molar refractivity (Wildman–Crippen MR) is 66.9 cm³/mol. The number of hydrogen-bond acceptors (Lipinski definition) is 5. The van der Waals surface area contributed by atoms with Gasteiger partial charge in [-0.25, -0.2) is 9.59 Å². The first kappa shape index (κ1) is 13.4. The first-order valence-electron chi connectivity index (χ1n) is 6.10. The molecule has 0 radical (unpaired) electrons. The minimum Gasteiger partial charge on any atom is -0.467 e. The molecule has 5 heteroatoms. The van der Waals surface area contributed by atoms with Crippen LogP contribution in [0.5, 0.6) is 5.75 Å². The van der Waals surface area contributed by atoms with Crippen molar-refractivity contribution in [1.29, 1.82) is 0 Å². The number of benzene rings is 1. The minimum absolute atomic E-state index is 0.474. The number of hydrogen-bond donors (Lipinski definition) is 0. The molecule has 2 rings (SSSR count). The van der Waals surface area contributed by atoms with Crippen LogP contribution in [0.25, 0.3) is 0 Å². The van der Waals surface area contributed by atoms with Crippen LogP contribution in [0, 0.1) is 0 Å². The highest BCUT2D eigenvalue weighted by molar-refractivity contribution is 5.98. The molecule has 0 N–H and O–H groups in total. The maximum absolute atomic E-state index is 11.5. The monoisotopic (exact) mass is 264 g/mol. The van der Waals surface area contributed by atoms with E-state index in [4.69, 9.17) is 4.74 Å². The van der Waals surface area contributed by atoms with Crippen molar-refractivity contribution in [2.45, 2.75) is 25.4 Å². The van der Waals surface area contributed by atoms with E-state index in [0.29, 0.717) is 5.75 Å². The molecule has 1 aromatic carbocycles. The molecule has 1 aliphatic rings. The summed E-state index contributed by atoms with van der Waals surface area (Å²) in [6.07, 6.45) is 1.80. The van der Waals surface area contributed by atoms with Crippen molar-refractivity contribution in [2.75, 3.05) is 14.2 Å². The Labute approximate surface area is 111 Å². The molecule has 0 saturated heterocycles. The molecule has 0 atom stereocenters. The summed E-state index contributed by atoms with van der Waals surface area (Å²) in [6, 6.07) is 5.58. The van der Waals surface area contributed by atoms with Crippen molar-refractivity contribution in [3.63, 3.8) is 0 Å². The number of ether oxygens (including phenoxy) is 3. The van der Waals surface area contributed by atoms with Crippen LogP contribution in [0.4, 0.5) is 0 Å². The zero-order chi connectivity index (χ0) is 13.8. The SMILES string of the molecule is COC(=O)C(Oc1ccc2c(c1)CCC2)C(=O)OC. The van der Waals surface area contributed by atoms with Crippen LogP contribution in [0.2, 0.25) is 0 Å². The molecule has 0 fully saturated rings. The lowest BCUT2D eigenvalue weighted by atomic mass is 10.1. The maximum atomic E-state index is 11.5. The van der Waals surface area contributed by atoms with E-state index in [1.165, 1.54) is 25.3 Å². The first-order chi connectivity index (χ1) is 9.15. The van der Waals surface area contributed by atoms with Gasteiger partial charge in [-0.05, 0) is 42.5 Å². The number of aryl methyl sites for hydroxylation is 2. The van der Waals surface area contributed by atoms with Crippen molar-refractivity contribution in [2.24, 2.45) is 0 Å². The van der Waals surface area contributed by atoms with Crippen LogP contribution >= 0.6 is 0 Å². The van der Waals surface area contributed by atoms with Gasteiger partial charge in [0.2, 0.25) is 0 Å². The van der Waals surface area contributed by atoms with Crippen molar-refractivity contribution >= 4 is 11.9 Å². The van der Waals surface area contributed by atoms with Crippen molar-refractivity contribution < 1.29 is 23.8 Å². The predicted octanol–water partition coefficient (Wildman–Crippen LogP) is 1.27. The number of methoxy groups -OCH3 is 2. The third kappa shape index (κ3) is 2.86. The van der Waals surface area contributed by atoms with Crippen LogP contribution < -0.4 is 4.74 Å². The summed E-state index contributed by atoms with van der Waals surface area (Å²) < 4.78 is 14.5. The molecular formula is C14H16O5. The lowest BCUT2D eigenvalue weighted by molar-refractivity contribution is -0.163. The van der Waals surface area contributed by atoms with Crippen molar-refractivity contribution in [1.82, 2.24) is 0 Å². The van der Waals surface area contributed by atoms with Crippen LogP contribution in [0.1, 0.15) is 17.5 Å². The summed E-state index contributed by atoms with van der Waals surface area (Å²) >= 11 is 0. The highest BCUT2D eigenvalue weighted by atomic mass is 16.6. The average Bonchev–Trinajstić information content (AvgIpc) is 2.90. The van der Waals surface area contributed by atoms with E-state index in [1.807, 2.05) is 12.1 Å². The van der Waals surface area contributed by atoms with Crippen LogP contribution in [0.15, 0.2) is 18.2 Å². The fourth-order valence-electron chi connectivity index (χ4n) is 2.16. The third-order valence-electron chi connectivity index (χ3n) is 3.15. The standard InChI is InChI=1S/C14H16O5/c1-17-13(15)12(14(16)18-2)19-11-7-6-9-4-3-5-10(9)8-11/h6-8,12H,3-5H2,1-2H3. The van der Waals surface area contributed by atoms with Gasteiger partial charge in [0, 0.05) is 0 Å². The molecule has 5 nitrogen and oxygen atoms in total. The van der Waals surface area contributed by atoms with Gasteiger partial charge in [-0.15, -0.1) is 0 Å². The summed E-state index contributed by atoms with van der Waals surface area (Å²) in [5, 5.41) is 0. The van der Waals surface area contributed by atoms with Gasteiger partial charge in [0.05, 0.1) is 14.2 Å². The molecule has 0 saturated carbocycles. The van der Waals surface area contributed by atoms with Gasteiger partial charge in [0.1, 0.15) is 5.75 Å². The summed E-state index contributed by atoms with van der Waals surface area (Å²) in [6.45, 7) is 0. The zero-order valence-corrected chi connectivity index (χ0v) is 11.0. The number of fused-ring (bicyclic) bond motifs is 1. The van der Waals surface area contributed by atoms with E-state index < -0.39 is 18.0 Å². The first-order valence-corrected chi connectivity index (χ1v) is 6.10. The summed E-state index contributed by atoms with van der Waals surface area (Å²) in [5.74, 6) is -1.07. The Bertz CT molecular complexity index is 479. The van der Waals surface area contributed by atoms with E-state index in [0.717, 1.165) is 19.3 Å². The van der Waals surface area contributed by atoms with Crippen molar-refractivity contribution in [3.05, 3.63) is 29.3 Å². The Morgan fingerprint density at radius 2 is 1.68 bits per heavy atom.